The summed E-state index contributed by atoms with van der Waals surface area (Å²) in [5, 5.41) is 0. The summed E-state index contributed by atoms with van der Waals surface area (Å²) in [6, 6.07) is 6.17. The van der Waals surface area contributed by atoms with E-state index in [0.29, 0.717) is 0 Å². The van der Waals surface area contributed by atoms with Gasteiger partial charge in [-0.15, -0.1) is 0 Å². The Labute approximate surface area is 72.9 Å². The highest BCUT2D eigenvalue weighted by Gasteiger charge is 2.14. The Morgan fingerprint density at radius 3 is 2.75 bits per heavy atom. The minimum absolute atomic E-state index is 0.872. The van der Waals surface area contributed by atoms with Crippen LogP contribution in [0.4, 0.5) is 5.69 Å². The van der Waals surface area contributed by atoms with Crippen LogP contribution in [0.3, 0.4) is 0 Å². The maximum atomic E-state index is 5.70. The Morgan fingerprint density at radius 2 is 2.00 bits per heavy atom. The number of fused-ring (bicyclic) bond motifs is 1. The fourth-order valence-corrected chi connectivity index (χ4v) is 1.77. The molecule has 12 heavy (non-hydrogen) atoms. The molecule has 0 aromatic heterocycles. The topological polar surface area (TPSA) is 26.0 Å². The number of benzene rings is 1. The van der Waals surface area contributed by atoms with Gasteiger partial charge in [-0.05, 0) is 49.1 Å². The van der Waals surface area contributed by atoms with Crippen molar-refractivity contribution >= 4 is 11.3 Å². The van der Waals surface area contributed by atoms with Crippen molar-refractivity contribution in [1.29, 1.82) is 0 Å². The van der Waals surface area contributed by atoms with Crippen molar-refractivity contribution < 1.29 is 0 Å². The number of rotatable bonds is 0. The van der Waals surface area contributed by atoms with Gasteiger partial charge in [0.05, 0.1) is 0 Å². The normalized spacial score (nSPS) is 15.2. The van der Waals surface area contributed by atoms with Crippen LogP contribution in [-0.4, -0.2) is 0 Å². The van der Waals surface area contributed by atoms with Crippen LogP contribution in [0, 0.1) is 0 Å². The van der Waals surface area contributed by atoms with E-state index in [2.05, 4.69) is 26.0 Å². The second-order valence-corrected chi connectivity index (χ2v) is 3.50. The third-order valence-corrected chi connectivity index (χ3v) is 2.63. The quantitative estimate of drug-likeness (QED) is 0.578. The van der Waals surface area contributed by atoms with Gasteiger partial charge in [-0.2, -0.15) is 0 Å². The molecule has 1 aromatic rings. The van der Waals surface area contributed by atoms with E-state index in [4.69, 9.17) is 5.73 Å². The first-order valence-corrected chi connectivity index (χ1v) is 4.23. The smallest absolute Gasteiger partial charge is 0.0317 e. The monoisotopic (exact) mass is 159 g/mol. The van der Waals surface area contributed by atoms with Gasteiger partial charge in [0.15, 0.2) is 0 Å². The second kappa shape index (κ2) is 2.37. The van der Waals surface area contributed by atoms with Crippen molar-refractivity contribution in [3.8, 4) is 0 Å². The van der Waals surface area contributed by atoms with Gasteiger partial charge in [0.25, 0.3) is 0 Å². The summed E-state index contributed by atoms with van der Waals surface area (Å²) >= 11 is 0. The van der Waals surface area contributed by atoms with Gasteiger partial charge in [0.2, 0.25) is 0 Å². The third kappa shape index (κ3) is 0.934. The molecule has 0 radical (unpaired) electrons. The standard InChI is InChI=1S/C11H13N/c1-7-5-9-6-10(12)3-4-11(9)8(7)2/h3-4,6H,5,12H2,1-2H3. The summed E-state index contributed by atoms with van der Waals surface area (Å²) in [5.74, 6) is 0. The van der Waals surface area contributed by atoms with Gasteiger partial charge in [0.1, 0.15) is 0 Å². The maximum absolute atomic E-state index is 5.70. The molecule has 62 valence electrons. The minimum Gasteiger partial charge on any atom is -0.399 e. The van der Waals surface area contributed by atoms with Crippen LogP contribution in [0.1, 0.15) is 25.0 Å². The molecule has 1 aromatic carbocycles. The largest absolute Gasteiger partial charge is 0.399 e. The Hall–Kier alpha value is -1.24. The van der Waals surface area contributed by atoms with Gasteiger partial charge >= 0.3 is 0 Å². The molecule has 0 bridgehead atoms. The van der Waals surface area contributed by atoms with E-state index in [1.54, 1.807) is 0 Å². The lowest BCUT2D eigenvalue weighted by Gasteiger charge is -2.01. The number of nitrogens with two attached hydrogens (primary N) is 1. The molecule has 0 saturated carbocycles. The summed E-state index contributed by atoms with van der Waals surface area (Å²) in [4.78, 5) is 0. The van der Waals surface area contributed by atoms with Gasteiger partial charge in [0, 0.05) is 5.69 Å². The Balaban J connectivity index is 2.58. The van der Waals surface area contributed by atoms with E-state index in [0.717, 1.165) is 12.1 Å². The average molecular weight is 159 g/mol. The zero-order chi connectivity index (χ0) is 8.72. The zero-order valence-electron chi connectivity index (χ0n) is 7.52. The van der Waals surface area contributed by atoms with E-state index >= 15 is 0 Å². The number of nitrogen functional groups attached to an aromatic ring is 1. The van der Waals surface area contributed by atoms with Gasteiger partial charge in [-0.25, -0.2) is 0 Å². The fourth-order valence-electron chi connectivity index (χ4n) is 1.77. The van der Waals surface area contributed by atoms with E-state index < -0.39 is 0 Å². The van der Waals surface area contributed by atoms with Crippen molar-refractivity contribution in [2.45, 2.75) is 20.3 Å². The molecular formula is C11H13N. The molecule has 0 amide bonds. The third-order valence-electron chi connectivity index (χ3n) is 2.63. The lowest BCUT2D eigenvalue weighted by molar-refractivity contribution is 1.19. The Kier molecular flexibility index (Phi) is 1.47. The first-order chi connectivity index (χ1) is 5.68. The van der Waals surface area contributed by atoms with Crippen molar-refractivity contribution in [1.82, 2.24) is 0 Å². The molecule has 0 unspecified atom stereocenters. The van der Waals surface area contributed by atoms with E-state index in [9.17, 15) is 0 Å². The van der Waals surface area contributed by atoms with Crippen LogP contribution in [0.5, 0.6) is 0 Å². The molecule has 2 rings (SSSR count). The Bertz CT molecular complexity index is 361. The lowest BCUT2D eigenvalue weighted by atomic mass is 10.1. The summed E-state index contributed by atoms with van der Waals surface area (Å²) in [6.07, 6.45) is 1.08. The second-order valence-electron chi connectivity index (χ2n) is 3.50. The molecule has 1 aliphatic carbocycles. The summed E-state index contributed by atoms with van der Waals surface area (Å²) in [5.41, 5.74) is 12.2. The predicted molar refractivity (Wildman–Crippen MR) is 52.8 cm³/mol. The molecule has 0 heterocycles. The first-order valence-electron chi connectivity index (χ1n) is 4.23. The molecule has 1 aliphatic rings. The molecule has 1 heteroatoms. The van der Waals surface area contributed by atoms with Crippen LogP contribution in [0.2, 0.25) is 0 Å². The predicted octanol–water partition coefficient (Wildman–Crippen LogP) is 2.62. The zero-order valence-corrected chi connectivity index (χ0v) is 7.52. The maximum Gasteiger partial charge on any atom is 0.0317 e. The van der Waals surface area contributed by atoms with Crippen molar-refractivity contribution in [2.24, 2.45) is 0 Å². The van der Waals surface area contributed by atoms with Crippen molar-refractivity contribution in [2.75, 3.05) is 5.73 Å². The average Bonchev–Trinajstić information content (AvgIpc) is 2.28. The number of anilines is 1. The van der Waals surface area contributed by atoms with Crippen LogP contribution in [0.15, 0.2) is 23.8 Å². The summed E-state index contributed by atoms with van der Waals surface area (Å²) in [6.45, 7) is 4.36. The molecule has 0 saturated heterocycles. The van der Waals surface area contributed by atoms with Crippen LogP contribution < -0.4 is 5.73 Å². The van der Waals surface area contributed by atoms with Gasteiger partial charge < -0.3 is 5.73 Å². The van der Waals surface area contributed by atoms with Gasteiger partial charge in [-0.3, -0.25) is 0 Å². The van der Waals surface area contributed by atoms with Crippen molar-refractivity contribution in [3.63, 3.8) is 0 Å². The van der Waals surface area contributed by atoms with Gasteiger partial charge in [-0.1, -0.05) is 11.6 Å². The van der Waals surface area contributed by atoms with E-state index in [1.807, 2.05) is 6.07 Å². The fraction of sp³-hybridized carbons (Fsp3) is 0.273. The van der Waals surface area contributed by atoms with Crippen LogP contribution in [0.25, 0.3) is 5.57 Å². The minimum atomic E-state index is 0.872. The summed E-state index contributed by atoms with van der Waals surface area (Å²) in [7, 11) is 0. The van der Waals surface area contributed by atoms with Crippen molar-refractivity contribution in [3.05, 3.63) is 34.9 Å². The lowest BCUT2D eigenvalue weighted by Crippen LogP contribution is -1.88. The van der Waals surface area contributed by atoms with Crippen LogP contribution >= 0.6 is 0 Å². The number of hydrogen-bond acceptors (Lipinski definition) is 1. The first kappa shape index (κ1) is 7.41. The Morgan fingerprint density at radius 1 is 1.25 bits per heavy atom. The number of allylic oxidation sites excluding steroid dienone is 2. The SMILES string of the molecule is CC1=C(C)c2ccc(N)cc2C1. The highest BCUT2D eigenvalue weighted by Crippen LogP contribution is 2.32. The summed E-state index contributed by atoms with van der Waals surface area (Å²) < 4.78 is 0. The molecule has 0 spiro atoms. The van der Waals surface area contributed by atoms with E-state index in [-0.39, 0.29) is 0 Å². The highest BCUT2D eigenvalue weighted by molar-refractivity contribution is 5.75. The molecule has 2 N–H and O–H groups in total. The molecule has 0 fully saturated rings. The highest BCUT2D eigenvalue weighted by atomic mass is 14.5. The molecular weight excluding hydrogens is 146 g/mol. The van der Waals surface area contributed by atoms with E-state index in [1.165, 1.54) is 22.3 Å². The number of hydrogen-bond donors (Lipinski definition) is 1. The molecule has 1 nitrogen and oxygen atoms in total. The van der Waals surface area contributed by atoms with Crippen LogP contribution in [-0.2, 0) is 6.42 Å². The molecule has 0 atom stereocenters. The molecule has 0 aliphatic heterocycles.